The smallest absolute Gasteiger partial charge is 0.223 e. The van der Waals surface area contributed by atoms with Gasteiger partial charge >= 0.3 is 0 Å². The van der Waals surface area contributed by atoms with Gasteiger partial charge in [-0.15, -0.1) is 15.3 Å². The summed E-state index contributed by atoms with van der Waals surface area (Å²) in [5.41, 5.74) is 0.717. The Morgan fingerprint density at radius 3 is 2.63 bits per heavy atom. The Bertz CT molecular complexity index is 791. The first-order chi connectivity index (χ1) is 13.1. The molecule has 0 bridgehead atoms. The van der Waals surface area contributed by atoms with Gasteiger partial charge in [0.25, 0.3) is 0 Å². The summed E-state index contributed by atoms with van der Waals surface area (Å²) >= 11 is 0. The molecule has 2 aliphatic heterocycles. The van der Waals surface area contributed by atoms with Crippen LogP contribution >= 0.6 is 0 Å². The fourth-order valence-corrected chi connectivity index (χ4v) is 4.18. The lowest BCUT2D eigenvalue weighted by atomic mass is 9.91. The number of aryl methyl sites for hydroxylation is 1. The molecule has 2 aromatic rings. The van der Waals surface area contributed by atoms with E-state index < -0.39 is 0 Å². The number of hydrogen-bond donors (Lipinski definition) is 0. The molecule has 0 aliphatic carbocycles. The summed E-state index contributed by atoms with van der Waals surface area (Å²) in [6.07, 6.45) is 2.20. The third-order valence-corrected chi connectivity index (χ3v) is 5.43. The highest BCUT2D eigenvalue weighted by Gasteiger charge is 2.25. The highest BCUT2D eigenvalue weighted by molar-refractivity contribution is 5.76. The third kappa shape index (κ3) is 4.05. The van der Waals surface area contributed by atoms with Crippen molar-refractivity contribution in [3.8, 4) is 0 Å². The molecule has 2 saturated heterocycles. The zero-order valence-electron chi connectivity index (χ0n) is 16.2. The molecule has 2 aromatic heterocycles. The molecule has 0 saturated carbocycles. The van der Waals surface area contributed by atoms with Crippen molar-refractivity contribution in [2.45, 2.75) is 33.1 Å². The van der Waals surface area contributed by atoms with Crippen LogP contribution in [0, 0.1) is 11.8 Å². The van der Waals surface area contributed by atoms with E-state index in [-0.39, 0.29) is 5.91 Å². The largest absolute Gasteiger partial charge is 0.378 e. The summed E-state index contributed by atoms with van der Waals surface area (Å²) in [5.74, 6) is 2.99. The van der Waals surface area contributed by atoms with Gasteiger partial charge in [0.2, 0.25) is 5.91 Å². The molecule has 8 nitrogen and oxygen atoms in total. The lowest BCUT2D eigenvalue weighted by Crippen LogP contribution is -2.42. The maximum Gasteiger partial charge on any atom is 0.223 e. The Labute approximate surface area is 159 Å². The predicted molar refractivity (Wildman–Crippen MR) is 102 cm³/mol. The van der Waals surface area contributed by atoms with Gasteiger partial charge in [0, 0.05) is 39.0 Å². The molecule has 1 amide bonds. The first-order valence-corrected chi connectivity index (χ1v) is 9.92. The number of hydrogen-bond acceptors (Lipinski definition) is 6. The van der Waals surface area contributed by atoms with Crippen LogP contribution in [0.3, 0.4) is 0 Å². The number of carbonyl (C=O) groups excluding carboxylic acids is 1. The molecule has 2 aliphatic rings. The average Bonchev–Trinajstić information content (AvgIpc) is 3.08. The van der Waals surface area contributed by atoms with Crippen LogP contribution in [0.2, 0.25) is 0 Å². The zero-order valence-corrected chi connectivity index (χ0v) is 16.2. The van der Waals surface area contributed by atoms with Crippen LogP contribution in [-0.2, 0) is 16.0 Å². The van der Waals surface area contributed by atoms with Crippen molar-refractivity contribution in [1.82, 2.24) is 24.7 Å². The van der Waals surface area contributed by atoms with Crippen molar-refractivity contribution in [3.63, 3.8) is 0 Å². The number of nitrogens with zero attached hydrogens (tertiary/aromatic N) is 6. The molecule has 0 aromatic carbocycles. The number of ether oxygens (including phenoxy) is 1. The van der Waals surface area contributed by atoms with Gasteiger partial charge in [-0.05, 0) is 30.4 Å². The van der Waals surface area contributed by atoms with Crippen molar-refractivity contribution < 1.29 is 9.53 Å². The number of rotatable bonds is 4. The van der Waals surface area contributed by atoms with E-state index >= 15 is 0 Å². The molecule has 0 radical (unpaired) electrons. The molecule has 0 spiro atoms. The number of carbonyl (C=O) groups is 1. The normalized spacial score (nSPS) is 23.8. The molecule has 4 rings (SSSR count). The molecular weight excluding hydrogens is 344 g/mol. The monoisotopic (exact) mass is 372 g/mol. The van der Waals surface area contributed by atoms with E-state index in [1.165, 1.54) is 6.42 Å². The van der Waals surface area contributed by atoms with Gasteiger partial charge in [-0.3, -0.25) is 4.79 Å². The minimum Gasteiger partial charge on any atom is -0.378 e. The maximum absolute atomic E-state index is 12.7. The van der Waals surface area contributed by atoms with Crippen LogP contribution < -0.4 is 4.90 Å². The highest BCUT2D eigenvalue weighted by atomic mass is 16.5. The van der Waals surface area contributed by atoms with Gasteiger partial charge in [-0.25, -0.2) is 0 Å². The van der Waals surface area contributed by atoms with Crippen LogP contribution in [0.15, 0.2) is 12.1 Å². The summed E-state index contributed by atoms with van der Waals surface area (Å²) in [7, 11) is 0. The number of aromatic nitrogens is 4. The zero-order chi connectivity index (χ0) is 18.8. The number of anilines is 1. The topological polar surface area (TPSA) is 75.9 Å². The van der Waals surface area contributed by atoms with Gasteiger partial charge in [0.15, 0.2) is 11.5 Å². The Hall–Kier alpha value is -2.22. The summed E-state index contributed by atoms with van der Waals surface area (Å²) in [5, 5.41) is 13.2. The maximum atomic E-state index is 12.7. The second-order valence-corrected chi connectivity index (χ2v) is 7.92. The number of amides is 1. The summed E-state index contributed by atoms with van der Waals surface area (Å²) in [4.78, 5) is 16.9. The van der Waals surface area contributed by atoms with Gasteiger partial charge in [0.05, 0.1) is 13.2 Å². The Kier molecular flexibility index (Phi) is 5.24. The first kappa shape index (κ1) is 18.2. The minimum absolute atomic E-state index is 0.203. The molecule has 27 heavy (non-hydrogen) atoms. The summed E-state index contributed by atoms with van der Waals surface area (Å²) in [6.45, 7) is 9.27. The molecule has 0 N–H and O–H groups in total. The van der Waals surface area contributed by atoms with Crippen molar-refractivity contribution >= 4 is 17.4 Å². The SMILES string of the molecule is CC1CC(C)CN(C(=O)CCc2nnc3ccc(N4CCOCC4)nn23)C1. The fourth-order valence-electron chi connectivity index (χ4n) is 4.18. The van der Waals surface area contributed by atoms with E-state index in [2.05, 4.69) is 28.9 Å². The number of likely N-dealkylation sites (tertiary alicyclic amines) is 1. The van der Waals surface area contributed by atoms with Crippen LogP contribution in [0.4, 0.5) is 5.82 Å². The van der Waals surface area contributed by atoms with E-state index in [0.29, 0.717) is 24.7 Å². The van der Waals surface area contributed by atoms with Crippen molar-refractivity contribution in [3.05, 3.63) is 18.0 Å². The van der Waals surface area contributed by atoms with Gasteiger partial charge < -0.3 is 14.5 Å². The molecule has 2 atom stereocenters. The van der Waals surface area contributed by atoms with Gasteiger partial charge in [-0.1, -0.05) is 13.8 Å². The second-order valence-electron chi connectivity index (χ2n) is 7.92. The minimum atomic E-state index is 0.203. The molecule has 146 valence electrons. The van der Waals surface area contributed by atoms with E-state index in [0.717, 1.165) is 56.7 Å². The van der Waals surface area contributed by atoms with E-state index in [1.807, 2.05) is 17.0 Å². The van der Waals surface area contributed by atoms with Crippen LogP contribution in [0.1, 0.15) is 32.5 Å². The summed E-state index contributed by atoms with van der Waals surface area (Å²) < 4.78 is 7.19. The standard InChI is InChI=1S/C19H28N6O2/c1-14-11-15(2)13-24(12-14)19(26)6-5-17-21-20-16-3-4-18(22-25(16)17)23-7-9-27-10-8-23/h3-4,14-15H,5-13H2,1-2H3. The summed E-state index contributed by atoms with van der Waals surface area (Å²) in [6, 6.07) is 3.91. The number of fused-ring (bicyclic) bond motifs is 1. The van der Waals surface area contributed by atoms with Gasteiger partial charge in [0.1, 0.15) is 5.82 Å². The van der Waals surface area contributed by atoms with Crippen molar-refractivity contribution in [1.29, 1.82) is 0 Å². The average molecular weight is 372 g/mol. The Morgan fingerprint density at radius 1 is 1.15 bits per heavy atom. The first-order valence-electron chi connectivity index (χ1n) is 9.92. The molecule has 8 heteroatoms. The number of morpholine rings is 1. The molecule has 4 heterocycles. The molecule has 2 fully saturated rings. The van der Waals surface area contributed by atoms with Crippen LogP contribution in [0.5, 0.6) is 0 Å². The van der Waals surface area contributed by atoms with Crippen LogP contribution in [-0.4, -0.2) is 70.0 Å². The second kappa shape index (κ2) is 7.80. The number of piperidine rings is 1. The van der Waals surface area contributed by atoms with E-state index in [4.69, 9.17) is 9.84 Å². The highest BCUT2D eigenvalue weighted by Crippen LogP contribution is 2.22. The van der Waals surface area contributed by atoms with E-state index in [9.17, 15) is 4.79 Å². The van der Waals surface area contributed by atoms with Crippen LogP contribution in [0.25, 0.3) is 5.65 Å². The Balaban J connectivity index is 1.44. The molecule has 2 unspecified atom stereocenters. The predicted octanol–water partition coefficient (Wildman–Crippen LogP) is 1.40. The molecular formula is C19H28N6O2. The van der Waals surface area contributed by atoms with Crippen molar-refractivity contribution in [2.75, 3.05) is 44.3 Å². The Morgan fingerprint density at radius 2 is 1.89 bits per heavy atom. The lowest BCUT2D eigenvalue weighted by molar-refractivity contribution is -0.133. The van der Waals surface area contributed by atoms with E-state index in [1.54, 1.807) is 4.52 Å². The lowest BCUT2D eigenvalue weighted by Gasteiger charge is -2.35. The van der Waals surface area contributed by atoms with Gasteiger partial charge in [-0.2, -0.15) is 4.52 Å². The fraction of sp³-hybridized carbons (Fsp3) is 0.684. The quantitative estimate of drug-likeness (QED) is 0.807. The third-order valence-electron chi connectivity index (χ3n) is 5.43. The van der Waals surface area contributed by atoms with Crippen molar-refractivity contribution in [2.24, 2.45) is 11.8 Å².